The topological polar surface area (TPSA) is 91.9 Å². The van der Waals surface area contributed by atoms with Crippen molar-refractivity contribution in [3.63, 3.8) is 0 Å². The van der Waals surface area contributed by atoms with Gasteiger partial charge in [-0.05, 0) is 31.2 Å². The van der Waals surface area contributed by atoms with E-state index >= 15 is 0 Å². The highest BCUT2D eigenvalue weighted by Gasteiger charge is 2.30. The van der Waals surface area contributed by atoms with Crippen molar-refractivity contribution in [2.45, 2.75) is 19.3 Å². The molecule has 3 amide bonds. The van der Waals surface area contributed by atoms with Gasteiger partial charge in [0, 0.05) is 31.4 Å². The van der Waals surface area contributed by atoms with Gasteiger partial charge in [0.2, 0.25) is 5.91 Å². The van der Waals surface area contributed by atoms with E-state index in [4.69, 9.17) is 4.74 Å². The molecule has 1 saturated heterocycles. The molecule has 0 bridgehead atoms. The van der Waals surface area contributed by atoms with Crippen LogP contribution in [0.25, 0.3) is 0 Å². The lowest BCUT2D eigenvalue weighted by Gasteiger charge is -2.26. The predicted octanol–water partition coefficient (Wildman–Crippen LogP) is 1.54. The first kappa shape index (κ1) is 21.6. The number of rotatable bonds is 7. The zero-order valence-corrected chi connectivity index (χ0v) is 15.3. The third-order valence-corrected chi connectivity index (χ3v) is 3.81. The van der Waals surface area contributed by atoms with Crippen molar-refractivity contribution >= 4 is 17.6 Å². The van der Waals surface area contributed by atoms with E-state index in [0.29, 0.717) is 38.5 Å². The monoisotopic (exact) mass is 404 g/mol. The van der Waals surface area contributed by atoms with Crippen LogP contribution in [0.3, 0.4) is 0 Å². The van der Waals surface area contributed by atoms with Gasteiger partial charge in [-0.15, -0.1) is 13.2 Å². The maximum Gasteiger partial charge on any atom is 0.573 e. The van der Waals surface area contributed by atoms with Crippen LogP contribution < -0.4 is 20.7 Å². The third-order valence-electron chi connectivity index (χ3n) is 3.81. The maximum atomic E-state index is 12.1. The number of nitrogens with one attached hydrogen (secondary N) is 3. The van der Waals surface area contributed by atoms with Crippen molar-refractivity contribution in [3.05, 3.63) is 24.3 Å². The summed E-state index contributed by atoms with van der Waals surface area (Å²) in [7, 11) is 0. The summed E-state index contributed by atoms with van der Waals surface area (Å²) in [4.78, 5) is 25.4. The van der Waals surface area contributed by atoms with Gasteiger partial charge in [-0.3, -0.25) is 4.79 Å². The zero-order chi connectivity index (χ0) is 20.6. The summed E-state index contributed by atoms with van der Waals surface area (Å²) < 4.78 is 45.3. The van der Waals surface area contributed by atoms with E-state index in [9.17, 15) is 22.8 Å². The number of amides is 3. The summed E-state index contributed by atoms with van der Waals surface area (Å²) in [6, 6.07) is 4.70. The van der Waals surface area contributed by atoms with Gasteiger partial charge in [-0.25, -0.2) is 4.79 Å². The number of anilines is 1. The first-order valence-electron chi connectivity index (χ1n) is 8.72. The minimum atomic E-state index is -4.73. The van der Waals surface area contributed by atoms with Gasteiger partial charge < -0.3 is 30.3 Å². The molecule has 1 aromatic rings. The van der Waals surface area contributed by atoms with E-state index in [2.05, 4.69) is 20.7 Å². The molecule has 0 aliphatic carbocycles. The molecular weight excluding hydrogens is 381 g/mol. The fraction of sp³-hybridized carbons (Fsp3) is 0.529. The lowest BCUT2D eigenvalue weighted by Crippen LogP contribution is -2.49. The predicted molar refractivity (Wildman–Crippen MR) is 95.0 cm³/mol. The molecule has 3 N–H and O–H groups in total. The Hall–Kier alpha value is -2.69. The van der Waals surface area contributed by atoms with E-state index in [0.717, 1.165) is 0 Å². The average molecular weight is 404 g/mol. The Labute approximate surface area is 160 Å². The fourth-order valence-electron chi connectivity index (χ4n) is 2.46. The van der Waals surface area contributed by atoms with Crippen LogP contribution in [-0.2, 0) is 9.53 Å². The molecule has 1 atom stereocenters. The number of carbonyl (C=O) groups is 2. The van der Waals surface area contributed by atoms with Gasteiger partial charge in [0.15, 0.2) is 0 Å². The minimum Gasteiger partial charge on any atom is -0.406 e. The number of nitrogens with zero attached hydrogens (tertiary/aromatic N) is 1. The lowest BCUT2D eigenvalue weighted by atomic mass is 10.2. The van der Waals surface area contributed by atoms with Crippen molar-refractivity contribution in [3.8, 4) is 5.75 Å². The molecule has 1 aromatic carbocycles. The van der Waals surface area contributed by atoms with Gasteiger partial charge in [0.1, 0.15) is 5.75 Å². The van der Waals surface area contributed by atoms with Crippen LogP contribution in [-0.4, -0.2) is 68.6 Å². The first-order valence-corrected chi connectivity index (χ1v) is 8.72. The second-order valence-corrected chi connectivity index (χ2v) is 6.18. The molecule has 156 valence electrons. The number of morpholine rings is 1. The standard InChI is InChI=1S/C17H23F3N4O4/c1-12(10-21-13-2-4-14(5-3-13)28-17(18,19)20)23-15(25)11-22-16(26)24-6-8-27-9-7-24/h2-5,12,21H,6-11H2,1H3,(H,22,26)(H,23,25)/t12-/m0/s1. The molecule has 2 rings (SSSR count). The van der Waals surface area contributed by atoms with E-state index in [1.54, 1.807) is 11.8 Å². The molecule has 0 unspecified atom stereocenters. The van der Waals surface area contributed by atoms with Crippen LogP contribution in [0.2, 0.25) is 0 Å². The zero-order valence-electron chi connectivity index (χ0n) is 15.3. The van der Waals surface area contributed by atoms with Crippen molar-refractivity contribution in [2.75, 3.05) is 44.7 Å². The average Bonchev–Trinajstić information content (AvgIpc) is 2.65. The van der Waals surface area contributed by atoms with Gasteiger partial charge in [0.25, 0.3) is 0 Å². The van der Waals surface area contributed by atoms with E-state index < -0.39 is 6.36 Å². The molecule has 1 aliphatic rings. The van der Waals surface area contributed by atoms with Gasteiger partial charge in [-0.1, -0.05) is 0 Å². The van der Waals surface area contributed by atoms with Crippen LogP contribution in [0.5, 0.6) is 5.75 Å². The Morgan fingerprint density at radius 2 is 1.86 bits per heavy atom. The van der Waals surface area contributed by atoms with E-state index in [1.807, 2.05) is 0 Å². The molecule has 0 saturated carbocycles. The normalized spacial score (nSPS) is 15.5. The van der Waals surface area contributed by atoms with Gasteiger partial charge in [-0.2, -0.15) is 0 Å². The van der Waals surface area contributed by atoms with Crippen molar-refractivity contribution < 1.29 is 32.2 Å². The van der Waals surface area contributed by atoms with Crippen LogP contribution in [0, 0.1) is 0 Å². The van der Waals surface area contributed by atoms with Crippen molar-refractivity contribution in [1.82, 2.24) is 15.5 Å². The number of urea groups is 1. The highest BCUT2D eigenvalue weighted by molar-refractivity contribution is 5.84. The summed E-state index contributed by atoms with van der Waals surface area (Å²) in [5.74, 6) is -0.653. The molecule has 8 nitrogen and oxygen atoms in total. The molecule has 1 aliphatic heterocycles. The van der Waals surface area contributed by atoms with Gasteiger partial charge >= 0.3 is 12.4 Å². The summed E-state index contributed by atoms with van der Waals surface area (Å²) >= 11 is 0. The summed E-state index contributed by atoms with van der Waals surface area (Å²) in [5.41, 5.74) is 0.580. The number of halogens is 3. The SMILES string of the molecule is C[C@@H](CNc1ccc(OC(F)(F)F)cc1)NC(=O)CNC(=O)N1CCOCC1. The quantitative estimate of drug-likeness (QED) is 0.641. The number of alkyl halides is 3. The Kier molecular flexibility index (Phi) is 7.73. The molecule has 1 heterocycles. The second-order valence-electron chi connectivity index (χ2n) is 6.18. The smallest absolute Gasteiger partial charge is 0.406 e. The fourth-order valence-corrected chi connectivity index (χ4v) is 2.46. The Morgan fingerprint density at radius 3 is 2.46 bits per heavy atom. The first-order chi connectivity index (χ1) is 13.2. The Balaban J connectivity index is 1.66. The largest absolute Gasteiger partial charge is 0.573 e. The molecular formula is C17H23F3N4O4. The number of carbonyl (C=O) groups excluding carboxylic acids is 2. The molecule has 11 heteroatoms. The lowest BCUT2D eigenvalue weighted by molar-refractivity contribution is -0.274. The van der Waals surface area contributed by atoms with E-state index in [-0.39, 0.29) is 30.3 Å². The molecule has 28 heavy (non-hydrogen) atoms. The highest BCUT2D eigenvalue weighted by atomic mass is 19.4. The maximum absolute atomic E-state index is 12.1. The third kappa shape index (κ3) is 7.91. The minimum absolute atomic E-state index is 0.149. The molecule has 0 spiro atoms. The van der Waals surface area contributed by atoms with Crippen LogP contribution >= 0.6 is 0 Å². The molecule has 0 aromatic heterocycles. The summed E-state index contributed by atoms with van der Waals surface area (Å²) in [6.45, 7) is 3.89. The Bertz CT molecular complexity index is 649. The second kappa shape index (κ2) is 10.0. The number of benzene rings is 1. The van der Waals surface area contributed by atoms with Crippen LogP contribution in [0.4, 0.5) is 23.7 Å². The summed E-state index contributed by atoms with van der Waals surface area (Å²) in [6.07, 6.45) is -4.73. The van der Waals surface area contributed by atoms with Crippen LogP contribution in [0.15, 0.2) is 24.3 Å². The van der Waals surface area contributed by atoms with Gasteiger partial charge in [0.05, 0.1) is 19.8 Å². The van der Waals surface area contributed by atoms with Crippen molar-refractivity contribution in [1.29, 1.82) is 0 Å². The Morgan fingerprint density at radius 1 is 1.21 bits per heavy atom. The number of ether oxygens (including phenoxy) is 2. The summed E-state index contributed by atoms with van der Waals surface area (Å²) in [5, 5.41) is 8.26. The number of hydrogen-bond acceptors (Lipinski definition) is 5. The molecule has 0 radical (unpaired) electrons. The highest BCUT2D eigenvalue weighted by Crippen LogP contribution is 2.23. The molecule has 1 fully saturated rings. The van der Waals surface area contributed by atoms with E-state index in [1.165, 1.54) is 24.3 Å². The van der Waals surface area contributed by atoms with Crippen LogP contribution in [0.1, 0.15) is 6.92 Å². The number of hydrogen-bond donors (Lipinski definition) is 3. The van der Waals surface area contributed by atoms with Crippen molar-refractivity contribution in [2.24, 2.45) is 0 Å².